The average Bonchev–Trinajstić information content (AvgIpc) is 2.44. The van der Waals surface area contributed by atoms with Gasteiger partial charge in [-0.1, -0.05) is 36.4 Å². The zero-order valence-corrected chi connectivity index (χ0v) is 8.95. The molecule has 1 heteroatoms. The van der Waals surface area contributed by atoms with Crippen molar-refractivity contribution in [2.75, 3.05) is 0 Å². The summed E-state index contributed by atoms with van der Waals surface area (Å²) in [6.07, 6.45) is 4.27. The minimum Gasteiger partial charge on any atom is -0.357 e. The van der Waals surface area contributed by atoms with E-state index in [-0.39, 0.29) is 11.2 Å². The maximum Gasteiger partial charge on any atom is 0.110 e. The Bertz CT molecular complexity index is 351. The molecule has 0 bridgehead atoms. The number of hydrogen-bond acceptors (Lipinski definition) is 1. The fraction of sp³-hybridized carbons (Fsp3) is 0.385. The summed E-state index contributed by atoms with van der Waals surface area (Å²) in [7, 11) is 0. The van der Waals surface area contributed by atoms with Gasteiger partial charge in [-0.15, -0.1) is 0 Å². The van der Waals surface area contributed by atoms with Crippen molar-refractivity contribution in [1.82, 2.24) is 0 Å². The predicted octanol–water partition coefficient (Wildman–Crippen LogP) is 3.27. The van der Waals surface area contributed by atoms with Crippen LogP contribution in [0.5, 0.6) is 0 Å². The molecule has 0 fully saturated rings. The first-order valence-corrected chi connectivity index (χ1v) is 4.98. The molecule has 0 N–H and O–H groups in total. The molecule has 0 aliphatic carbocycles. The second-order valence-electron chi connectivity index (χ2n) is 4.51. The predicted molar refractivity (Wildman–Crippen MR) is 58.1 cm³/mol. The summed E-state index contributed by atoms with van der Waals surface area (Å²) in [6.45, 7) is 6.27. The third kappa shape index (κ3) is 1.60. The zero-order valence-electron chi connectivity index (χ0n) is 8.95. The molecule has 1 aliphatic rings. The highest BCUT2D eigenvalue weighted by Gasteiger charge is 2.36. The monoisotopic (exact) mass is 188 g/mol. The lowest BCUT2D eigenvalue weighted by atomic mass is 9.97. The van der Waals surface area contributed by atoms with Crippen LogP contribution in [-0.4, -0.2) is 5.60 Å². The van der Waals surface area contributed by atoms with Crippen LogP contribution >= 0.6 is 0 Å². The van der Waals surface area contributed by atoms with Crippen molar-refractivity contribution in [3.63, 3.8) is 0 Å². The molecule has 0 saturated carbocycles. The first-order chi connectivity index (χ1) is 6.52. The fourth-order valence-corrected chi connectivity index (χ4v) is 1.90. The van der Waals surface area contributed by atoms with E-state index >= 15 is 0 Å². The fourth-order valence-electron chi connectivity index (χ4n) is 1.90. The van der Waals surface area contributed by atoms with Crippen molar-refractivity contribution in [3.8, 4) is 0 Å². The molecule has 1 atom stereocenters. The average molecular weight is 188 g/mol. The van der Waals surface area contributed by atoms with Crippen molar-refractivity contribution in [2.24, 2.45) is 0 Å². The van der Waals surface area contributed by atoms with Crippen LogP contribution in [-0.2, 0) is 10.3 Å². The van der Waals surface area contributed by atoms with Gasteiger partial charge in [0.25, 0.3) is 0 Å². The number of hydrogen-bond donors (Lipinski definition) is 0. The van der Waals surface area contributed by atoms with Crippen molar-refractivity contribution in [2.45, 2.75) is 32.0 Å². The molecule has 0 aromatic heterocycles. The van der Waals surface area contributed by atoms with Crippen LogP contribution in [0, 0.1) is 0 Å². The second kappa shape index (κ2) is 2.96. The second-order valence-corrected chi connectivity index (χ2v) is 4.51. The molecular formula is C13H16O. The molecule has 14 heavy (non-hydrogen) atoms. The standard InChI is InChI=1S/C13H16O/c1-12(2)9-10-13(3,14-12)11-7-5-4-6-8-11/h4-10H,1-3H3. The SMILES string of the molecule is CC1(C)C=CC(C)(c2ccccc2)O1. The lowest BCUT2D eigenvalue weighted by Gasteiger charge is -2.28. The summed E-state index contributed by atoms with van der Waals surface area (Å²) in [5.74, 6) is 0. The van der Waals surface area contributed by atoms with E-state index < -0.39 is 0 Å². The highest BCUT2D eigenvalue weighted by molar-refractivity contribution is 5.30. The van der Waals surface area contributed by atoms with Crippen LogP contribution in [0.2, 0.25) is 0 Å². The summed E-state index contributed by atoms with van der Waals surface area (Å²) < 4.78 is 6.01. The van der Waals surface area contributed by atoms with E-state index in [0.717, 1.165) is 0 Å². The Balaban J connectivity index is 2.33. The minimum absolute atomic E-state index is 0.148. The molecule has 2 rings (SSSR count). The van der Waals surface area contributed by atoms with Crippen LogP contribution in [0.4, 0.5) is 0 Å². The summed E-state index contributed by atoms with van der Waals surface area (Å²) in [5.41, 5.74) is 0.803. The molecule has 1 nitrogen and oxygen atoms in total. The molecule has 1 heterocycles. The Morgan fingerprint density at radius 3 is 2.07 bits per heavy atom. The normalized spacial score (nSPS) is 29.4. The largest absolute Gasteiger partial charge is 0.357 e. The van der Waals surface area contributed by atoms with Crippen LogP contribution in [0.15, 0.2) is 42.5 Å². The van der Waals surface area contributed by atoms with Gasteiger partial charge in [-0.2, -0.15) is 0 Å². The van der Waals surface area contributed by atoms with E-state index in [2.05, 4.69) is 45.1 Å². The van der Waals surface area contributed by atoms with Gasteiger partial charge in [0.1, 0.15) is 5.60 Å². The van der Waals surface area contributed by atoms with Crippen molar-refractivity contribution in [3.05, 3.63) is 48.0 Å². The number of ether oxygens (including phenoxy) is 1. The summed E-state index contributed by atoms with van der Waals surface area (Å²) >= 11 is 0. The smallest absolute Gasteiger partial charge is 0.110 e. The molecule has 1 unspecified atom stereocenters. The Hall–Kier alpha value is -1.08. The molecule has 0 spiro atoms. The third-order valence-electron chi connectivity index (χ3n) is 2.62. The van der Waals surface area contributed by atoms with E-state index in [1.165, 1.54) is 5.56 Å². The maximum atomic E-state index is 6.01. The van der Waals surface area contributed by atoms with Crippen LogP contribution in [0.1, 0.15) is 26.3 Å². The first kappa shape index (κ1) is 9.47. The molecule has 0 amide bonds. The van der Waals surface area contributed by atoms with Gasteiger partial charge in [-0.05, 0) is 32.4 Å². The maximum absolute atomic E-state index is 6.01. The van der Waals surface area contributed by atoms with Crippen molar-refractivity contribution >= 4 is 0 Å². The molecule has 0 radical (unpaired) electrons. The van der Waals surface area contributed by atoms with E-state index in [0.29, 0.717) is 0 Å². The minimum atomic E-state index is -0.259. The Kier molecular flexibility index (Phi) is 2.00. The Morgan fingerprint density at radius 1 is 0.929 bits per heavy atom. The van der Waals surface area contributed by atoms with Gasteiger partial charge in [-0.25, -0.2) is 0 Å². The number of rotatable bonds is 1. The molecule has 1 aromatic rings. The van der Waals surface area contributed by atoms with E-state index in [4.69, 9.17) is 4.74 Å². The molecule has 1 aliphatic heterocycles. The van der Waals surface area contributed by atoms with Gasteiger partial charge in [-0.3, -0.25) is 0 Å². The van der Waals surface area contributed by atoms with Gasteiger partial charge >= 0.3 is 0 Å². The van der Waals surface area contributed by atoms with Gasteiger partial charge in [0.15, 0.2) is 0 Å². The van der Waals surface area contributed by atoms with Crippen LogP contribution in [0.25, 0.3) is 0 Å². The topological polar surface area (TPSA) is 9.23 Å². The first-order valence-electron chi connectivity index (χ1n) is 4.98. The summed E-state index contributed by atoms with van der Waals surface area (Å²) in [4.78, 5) is 0. The van der Waals surface area contributed by atoms with Gasteiger partial charge < -0.3 is 4.74 Å². The Morgan fingerprint density at radius 2 is 1.57 bits per heavy atom. The summed E-state index contributed by atoms with van der Waals surface area (Å²) in [6, 6.07) is 10.3. The van der Waals surface area contributed by atoms with Gasteiger partial charge in [0.2, 0.25) is 0 Å². The van der Waals surface area contributed by atoms with E-state index in [9.17, 15) is 0 Å². The quantitative estimate of drug-likeness (QED) is 0.615. The number of benzene rings is 1. The lowest BCUT2D eigenvalue weighted by Crippen LogP contribution is -2.28. The summed E-state index contributed by atoms with van der Waals surface area (Å²) in [5, 5.41) is 0. The highest BCUT2D eigenvalue weighted by atomic mass is 16.5. The highest BCUT2D eigenvalue weighted by Crippen LogP contribution is 2.38. The van der Waals surface area contributed by atoms with E-state index in [1.54, 1.807) is 0 Å². The lowest BCUT2D eigenvalue weighted by molar-refractivity contribution is -0.0628. The third-order valence-corrected chi connectivity index (χ3v) is 2.62. The zero-order chi connectivity index (χ0) is 10.2. The Labute approximate surface area is 85.4 Å². The van der Waals surface area contributed by atoms with Crippen molar-refractivity contribution in [1.29, 1.82) is 0 Å². The molecule has 74 valence electrons. The molecular weight excluding hydrogens is 172 g/mol. The van der Waals surface area contributed by atoms with Gasteiger partial charge in [0, 0.05) is 0 Å². The molecule has 1 aromatic carbocycles. The van der Waals surface area contributed by atoms with Crippen LogP contribution < -0.4 is 0 Å². The van der Waals surface area contributed by atoms with Crippen molar-refractivity contribution < 1.29 is 4.74 Å². The molecule has 0 saturated heterocycles. The van der Waals surface area contributed by atoms with E-state index in [1.807, 2.05) is 18.2 Å². The van der Waals surface area contributed by atoms with Crippen LogP contribution in [0.3, 0.4) is 0 Å². The van der Waals surface area contributed by atoms with Gasteiger partial charge in [0.05, 0.1) is 5.60 Å².